The molecule has 0 spiro atoms. The van der Waals surface area contributed by atoms with Crippen LogP contribution in [0.3, 0.4) is 0 Å². The van der Waals surface area contributed by atoms with Crippen molar-refractivity contribution in [2.75, 3.05) is 30.4 Å². The zero-order valence-corrected chi connectivity index (χ0v) is 12.2. The van der Waals surface area contributed by atoms with Gasteiger partial charge in [0.2, 0.25) is 5.91 Å². The average molecular weight is 285 g/mol. The Morgan fingerprint density at radius 1 is 1.56 bits per heavy atom. The Bertz CT molecular complexity index is 363. The molecule has 0 aromatic carbocycles. The van der Waals surface area contributed by atoms with E-state index in [2.05, 4.69) is 22.2 Å². The Balaban J connectivity index is 1.68. The Hall–Kier alpha value is -0.590. The lowest BCUT2D eigenvalue weighted by Crippen LogP contribution is -2.36. The van der Waals surface area contributed by atoms with E-state index in [4.69, 9.17) is 0 Å². The van der Waals surface area contributed by atoms with E-state index in [0.717, 1.165) is 6.54 Å². The van der Waals surface area contributed by atoms with Crippen molar-refractivity contribution in [1.29, 1.82) is 0 Å². The summed E-state index contributed by atoms with van der Waals surface area (Å²) in [5.74, 6) is 2.56. The molecule has 18 heavy (non-hydrogen) atoms. The number of thiazole rings is 1. The van der Waals surface area contributed by atoms with Gasteiger partial charge in [0.1, 0.15) is 0 Å². The molecule has 1 saturated heterocycles. The molecular weight excluding hydrogens is 266 g/mol. The molecule has 1 N–H and O–H groups in total. The molecule has 1 aliphatic rings. The summed E-state index contributed by atoms with van der Waals surface area (Å²) in [5.41, 5.74) is 0. The summed E-state index contributed by atoms with van der Waals surface area (Å²) in [5, 5.41) is 5.37. The van der Waals surface area contributed by atoms with Crippen molar-refractivity contribution >= 4 is 34.1 Å². The lowest BCUT2D eigenvalue weighted by molar-refractivity contribution is -0.116. The topological polar surface area (TPSA) is 45.2 Å². The molecule has 0 radical (unpaired) electrons. The van der Waals surface area contributed by atoms with Crippen molar-refractivity contribution in [2.45, 2.75) is 25.3 Å². The minimum atomic E-state index is 0.0574. The highest BCUT2D eigenvalue weighted by molar-refractivity contribution is 7.99. The molecule has 1 amide bonds. The fourth-order valence-corrected chi connectivity index (χ4v) is 3.68. The highest BCUT2D eigenvalue weighted by Gasteiger charge is 2.18. The lowest BCUT2D eigenvalue weighted by Gasteiger charge is -2.30. The third-order valence-electron chi connectivity index (χ3n) is 3.18. The number of aromatic nitrogens is 1. The van der Waals surface area contributed by atoms with E-state index in [-0.39, 0.29) is 5.91 Å². The molecule has 4 nitrogen and oxygen atoms in total. The van der Waals surface area contributed by atoms with Gasteiger partial charge in [0.15, 0.2) is 5.13 Å². The normalized spacial score (nSPS) is 17.0. The number of anilines is 1. The number of hydrogen-bond acceptors (Lipinski definition) is 5. The van der Waals surface area contributed by atoms with Crippen LogP contribution in [0.5, 0.6) is 0 Å². The van der Waals surface area contributed by atoms with Crippen LogP contribution in [0.1, 0.15) is 19.3 Å². The fourth-order valence-electron chi connectivity index (χ4n) is 2.05. The van der Waals surface area contributed by atoms with Crippen LogP contribution in [0.4, 0.5) is 5.13 Å². The molecule has 1 aromatic rings. The predicted octanol–water partition coefficient (Wildman–Crippen LogP) is 2.30. The summed E-state index contributed by atoms with van der Waals surface area (Å²) in [6, 6.07) is 0.652. The highest BCUT2D eigenvalue weighted by Crippen LogP contribution is 2.20. The summed E-state index contributed by atoms with van der Waals surface area (Å²) in [4.78, 5) is 18.1. The van der Waals surface area contributed by atoms with Gasteiger partial charge >= 0.3 is 0 Å². The van der Waals surface area contributed by atoms with Crippen LogP contribution in [0.2, 0.25) is 0 Å². The van der Waals surface area contributed by atoms with Crippen molar-refractivity contribution in [3.05, 3.63) is 11.6 Å². The minimum absolute atomic E-state index is 0.0574. The van der Waals surface area contributed by atoms with Gasteiger partial charge in [0.25, 0.3) is 0 Å². The largest absolute Gasteiger partial charge is 0.303 e. The number of nitrogens with one attached hydrogen (secondary N) is 1. The number of nitrogens with zero attached hydrogens (tertiary/aromatic N) is 2. The zero-order valence-electron chi connectivity index (χ0n) is 10.6. The van der Waals surface area contributed by atoms with Crippen molar-refractivity contribution < 1.29 is 4.79 Å². The Morgan fingerprint density at radius 2 is 2.33 bits per heavy atom. The molecule has 0 unspecified atom stereocenters. The molecule has 1 fully saturated rings. The second-order valence-corrected chi connectivity index (χ2v) is 6.58. The molecule has 6 heteroatoms. The molecule has 100 valence electrons. The Labute approximate surface area is 116 Å². The van der Waals surface area contributed by atoms with Gasteiger partial charge in [-0.15, -0.1) is 11.3 Å². The number of thioether (sulfide) groups is 1. The lowest BCUT2D eigenvalue weighted by atomic mass is 10.1. The molecular formula is C12H19N3OS2. The standard InChI is InChI=1S/C12H19N3OS2/c1-15(10-3-7-17-8-4-10)6-2-11(16)14-12-13-5-9-18-12/h5,9-10H,2-4,6-8H2,1H3,(H,13,14,16). The van der Waals surface area contributed by atoms with E-state index >= 15 is 0 Å². The van der Waals surface area contributed by atoms with Crippen molar-refractivity contribution in [2.24, 2.45) is 0 Å². The van der Waals surface area contributed by atoms with Crippen LogP contribution in [-0.4, -0.2) is 46.9 Å². The van der Waals surface area contributed by atoms with E-state index in [0.29, 0.717) is 17.6 Å². The van der Waals surface area contributed by atoms with E-state index in [1.54, 1.807) is 6.20 Å². The van der Waals surface area contributed by atoms with Crippen LogP contribution >= 0.6 is 23.1 Å². The number of amides is 1. The highest BCUT2D eigenvalue weighted by atomic mass is 32.2. The monoisotopic (exact) mass is 285 g/mol. The van der Waals surface area contributed by atoms with Gasteiger partial charge in [-0.05, 0) is 31.4 Å². The smallest absolute Gasteiger partial charge is 0.227 e. The van der Waals surface area contributed by atoms with E-state index in [9.17, 15) is 4.79 Å². The van der Waals surface area contributed by atoms with Crippen LogP contribution < -0.4 is 5.32 Å². The summed E-state index contributed by atoms with van der Waals surface area (Å²) in [7, 11) is 2.12. The first-order valence-electron chi connectivity index (χ1n) is 6.23. The van der Waals surface area contributed by atoms with E-state index in [1.807, 2.05) is 17.1 Å². The van der Waals surface area contributed by atoms with Gasteiger partial charge in [-0.1, -0.05) is 0 Å². The summed E-state index contributed by atoms with van der Waals surface area (Å²) in [6.07, 6.45) is 4.73. The minimum Gasteiger partial charge on any atom is -0.303 e. The first kappa shape index (κ1) is 13.8. The molecule has 0 atom stereocenters. The fraction of sp³-hybridized carbons (Fsp3) is 0.667. The predicted molar refractivity (Wildman–Crippen MR) is 78.3 cm³/mol. The molecule has 1 aromatic heterocycles. The van der Waals surface area contributed by atoms with Crippen molar-refractivity contribution in [1.82, 2.24) is 9.88 Å². The van der Waals surface area contributed by atoms with E-state index in [1.165, 1.54) is 35.7 Å². The van der Waals surface area contributed by atoms with Crippen LogP contribution in [0.25, 0.3) is 0 Å². The number of carbonyl (C=O) groups is 1. The third-order valence-corrected chi connectivity index (χ3v) is 4.92. The zero-order chi connectivity index (χ0) is 12.8. The van der Waals surface area contributed by atoms with Gasteiger partial charge in [0, 0.05) is 30.6 Å². The number of carbonyl (C=O) groups excluding carboxylic acids is 1. The molecule has 2 rings (SSSR count). The van der Waals surface area contributed by atoms with Crippen molar-refractivity contribution in [3.63, 3.8) is 0 Å². The number of rotatable bonds is 5. The van der Waals surface area contributed by atoms with Gasteiger partial charge < -0.3 is 10.2 Å². The average Bonchev–Trinajstić information content (AvgIpc) is 2.90. The third kappa shape index (κ3) is 4.26. The van der Waals surface area contributed by atoms with Crippen LogP contribution in [-0.2, 0) is 4.79 Å². The van der Waals surface area contributed by atoms with Gasteiger partial charge in [0.05, 0.1) is 0 Å². The molecule has 0 aliphatic carbocycles. The first-order chi connectivity index (χ1) is 8.75. The summed E-state index contributed by atoms with van der Waals surface area (Å²) >= 11 is 3.48. The maximum Gasteiger partial charge on any atom is 0.227 e. The Kier molecular flexibility index (Phi) is 5.46. The summed E-state index contributed by atoms with van der Waals surface area (Å²) in [6.45, 7) is 0.826. The maximum atomic E-state index is 11.7. The maximum absolute atomic E-state index is 11.7. The molecule has 0 saturated carbocycles. The first-order valence-corrected chi connectivity index (χ1v) is 8.26. The summed E-state index contributed by atoms with van der Waals surface area (Å²) < 4.78 is 0. The molecule has 0 bridgehead atoms. The van der Waals surface area contributed by atoms with Gasteiger partial charge in [-0.3, -0.25) is 4.79 Å². The second-order valence-electron chi connectivity index (χ2n) is 4.46. The van der Waals surface area contributed by atoms with Gasteiger partial charge in [-0.25, -0.2) is 4.98 Å². The molecule has 2 heterocycles. The van der Waals surface area contributed by atoms with Crippen LogP contribution in [0, 0.1) is 0 Å². The SMILES string of the molecule is CN(CCC(=O)Nc1nccs1)C1CCSCC1. The number of hydrogen-bond donors (Lipinski definition) is 1. The van der Waals surface area contributed by atoms with E-state index < -0.39 is 0 Å². The molecule has 1 aliphatic heterocycles. The van der Waals surface area contributed by atoms with Crippen molar-refractivity contribution in [3.8, 4) is 0 Å². The Morgan fingerprint density at radius 3 is 3.00 bits per heavy atom. The van der Waals surface area contributed by atoms with Crippen LogP contribution in [0.15, 0.2) is 11.6 Å². The second kappa shape index (κ2) is 7.11. The quantitative estimate of drug-likeness (QED) is 0.901. The van der Waals surface area contributed by atoms with Gasteiger partial charge in [-0.2, -0.15) is 11.8 Å².